The molecule has 0 aliphatic heterocycles. The van der Waals surface area contributed by atoms with Gasteiger partial charge in [0.1, 0.15) is 10.6 Å². The summed E-state index contributed by atoms with van der Waals surface area (Å²) in [6.45, 7) is 1.69. The second kappa shape index (κ2) is 5.21. The summed E-state index contributed by atoms with van der Waals surface area (Å²) in [5, 5.41) is 13.9. The normalized spacial score (nSPS) is 26.1. The molecule has 1 heterocycles. The molecule has 19 heavy (non-hydrogen) atoms. The van der Waals surface area contributed by atoms with Crippen LogP contribution in [0.25, 0.3) is 0 Å². The molecule has 0 saturated heterocycles. The van der Waals surface area contributed by atoms with Gasteiger partial charge >= 0.3 is 5.97 Å². The van der Waals surface area contributed by atoms with Crippen LogP contribution in [0.2, 0.25) is 0 Å². The Morgan fingerprint density at radius 2 is 2.32 bits per heavy atom. The highest BCUT2D eigenvalue weighted by Crippen LogP contribution is 2.38. The summed E-state index contributed by atoms with van der Waals surface area (Å²) in [7, 11) is 1.51. The lowest BCUT2D eigenvalue weighted by molar-refractivity contribution is -0.148. The highest BCUT2D eigenvalue weighted by Gasteiger charge is 2.46. The number of carboxylic acids is 1. The van der Waals surface area contributed by atoms with Gasteiger partial charge in [-0.3, -0.25) is 9.59 Å². The van der Waals surface area contributed by atoms with Gasteiger partial charge in [-0.15, -0.1) is 11.3 Å². The van der Waals surface area contributed by atoms with Crippen LogP contribution >= 0.6 is 11.3 Å². The molecule has 1 aliphatic rings. The molecule has 1 aliphatic carbocycles. The maximum absolute atomic E-state index is 12.2. The Labute approximate surface area is 115 Å². The van der Waals surface area contributed by atoms with Gasteiger partial charge < -0.3 is 15.2 Å². The van der Waals surface area contributed by atoms with Crippen LogP contribution in [0.5, 0.6) is 5.75 Å². The zero-order chi connectivity index (χ0) is 14.0. The molecule has 0 radical (unpaired) electrons. The van der Waals surface area contributed by atoms with E-state index in [0.717, 1.165) is 6.42 Å². The number of carbonyl (C=O) groups is 2. The lowest BCUT2D eigenvalue weighted by Gasteiger charge is -2.27. The Kier molecular flexibility index (Phi) is 3.80. The van der Waals surface area contributed by atoms with Crippen LogP contribution in [0.3, 0.4) is 0 Å². The number of carbonyl (C=O) groups excluding carboxylic acids is 1. The largest absolute Gasteiger partial charge is 0.495 e. The van der Waals surface area contributed by atoms with Crippen molar-refractivity contribution < 1.29 is 19.4 Å². The maximum atomic E-state index is 12.2. The molecular formula is C13H17NO4S. The van der Waals surface area contributed by atoms with Crippen LogP contribution in [0, 0.1) is 5.41 Å². The fraction of sp³-hybridized carbons (Fsp3) is 0.538. The van der Waals surface area contributed by atoms with Crippen LogP contribution in [-0.2, 0) is 4.79 Å². The first-order valence-corrected chi connectivity index (χ1v) is 7.02. The predicted molar refractivity (Wildman–Crippen MR) is 71.7 cm³/mol. The molecule has 1 aromatic heterocycles. The van der Waals surface area contributed by atoms with Crippen molar-refractivity contribution in [1.29, 1.82) is 0 Å². The van der Waals surface area contributed by atoms with Crippen LogP contribution < -0.4 is 10.1 Å². The number of carboxylic acid groups (broad SMARTS) is 1. The molecule has 104 valence electrons. The molecule has 0 bridgehead atoms. The van der Waals surface area contributed by atoms with E-state index in [4.69, 9.17) is 4.74 Å². The standard InChI is InChI=1S/C13H17NO4S/c1-13(12(16)17)6-3-4-9(13)14-11(15)10-8(18-2)5-7-19-10/h5,7,9H,3-4,6H2,1-2H3,(H,14,15)(H,16,17). The smallest absolute Gasteiger partial charge is 0.311 e. The third-order valence-corrected chi connectivity index (χ3v) is 4.70. The first-order chi connectivity index (χ1) is 8.99. The lowest BCUT2D eigenvalue weighted by atomic mass is 9.85. The van der Waals surface area contributed by atoms with Crippen molar-refractivity contribution >= 4 is 23.2 Å². The zero-order valence-corrected chi connectivity index (χ0v) is 11.8. The fourth-order valence-electron chi connectivity index (χ4n) is 2.50. The monoisotopic (exact) mass is 283 g/mol. The van der Waals surface area contributed by atoms with Gasteiger partial charge in [-0.25, -0.2) is 0 Å². The number of rotatable bonds is 4. The zero-order valence-electron chi connectivity index (χ0n) is 10.9. The molecule has 2 N–H and O–H groups in total. The number of hydrogen-bond donors (Lipinski definition) is 2. The first-order valence-electron chi connectivity index (χ1n) is 6.15. The third-order valence-electron chi connectivity index (χ3n) is 3.81. The summed E-state index contributed by atoms with van der Waals surface area (Å²) in [6, 6.07) is 1.40. The molecule has 1 amide bonds. The minimum absolute atomic E-state index is 0.258. The SMILES string of the molecule is COc1ccsc1C(=O)NC1CCCC1(C)C(=O)O. The van der Waals surface area contributed by atoms with Gasteiger partial charge in [0.2, 0.25) is 0 Å². The topological polar surface area (TPSA) is 75.6 Å². The van der Waals surface area contributed by atoms with Gasteiger partial charge in [0.05, 0.1) is 12.5 Å². The highest BCUT2D eigenvalue weighted by atomic mass is 32.1. The summed E-state index contributed by atoms with van der Waals surface area (Å²) in [5.74, 6) is -0.586. The Hall–Kier alpha value is -1.56. The Bertz CT molecular complexity index is 499. The predicted octanol–water partition coefficient (Wildman–Crippen LogP) is 2.13. The molecule has 2 unspecified atom stereocenters. The minimum Gasteiger partial charge on any atom is -0.495 e. The third kappa shape index (κ3) is 2.45. The van der Waals surface area contributed by atoms with Crippen LogP contribution in [0.1, 0.15) is 35.9 Å². The number of aliphatic carboxylic acids is 1. The van der Waals surface area contributed by atoms with Gasteiger partial charge in [0.15, 0.2) is 0 Å². The number of methoxy groups -OCH3 is 1. The number of ether oxygens (including phenoxy) is 1. The number of hydrogen-bond acceptors (Lipinski definition) is 4. The van der Waals surface area contributed by atoms with Crippen LogP contribution in [-0.4, -0.2) is 30.1 Å². The second-order valence-corrected chi connectivity index (χ2v) is 5.88. The van der Waals surface area contributed by atoms with Gasteiger partial charge in [0.25, 0.3) is 5.91 Å². The molecule has 2 atom stereocenters. The number of amides is 1. The Morgan fingerprint density at radius 3 is 2.95 bits per heavy atom. The van der Waals surface area contributed by atoms with E-state index in [-0.39, 0.29) is 11.9 Å². The molecule has 1 aromatic rings. The number of thiophene rings is 1. The molecule has 0 aromatic carbocycles. The van der Waals surface area contributed by atoms with Gasteiger partial charge in [-0.1, -0.05) is 6.42 Å². The van der Waals surface area contributed by atoms with E-state index >= 15 is 0 Å². The van der Waals surface area contributed by atoms with E-state index in [1.807, 2.05) is 0 Å². The van der Waals surface area contributed by atoms with Crippen molar-refractivity contribution in [1.82, 2.24) is 5.32 Å². The van der Waals surface area contributed by atoms with Crippen molar-refractivity contribution in [3.8, 4) is 5.75 Å². The van der Waals surface area contributed by atoms with E-state index in [0.29, 0.717) is 23.5 Å². The summed E-state index contributed by atoms with van der Waals surface area (Å²) < 4.78 is 5.10. The summed E-state index contributed by atoms with van der Waals surface area (Å²) in [5.41, 5.74) is -0.875. The molecule has 6 heteroatoms. The Morgan fingerprint density at radius 1 is 1.58 bits per heavy atom. The van der Waals surface area contributed by atoms with Crippen molar-refractivity contribution in [3.05, 3.63) is 16.3 Å². The quantitative estimate of drug-likeness (QED) is 0.887. The van der Waals surface area contributed by atoms with E-state index in [1.165, 1.54) is 18.4 Å². The molecule has 2 rings (SSSR count). The summed E-state index contributed by atoms with van der Waals surface area (Å²) >= 11 is 1.29. The second-order valence-electron chi connectivity index (χ2n) is 4.96. The van der Waals surface area contributed by atoms with Gasteiger partial charge in [-0.2, -0.15) is 0 Å². The van der Waals surface area contributed by atoms with E-state index in [9.17, 15) is 14.7 Å². The van der Waals surface area contributed by atoms with Gasteiger partial charge in [0, 0.05) is 6.04 Å². The molecule has 1 fully saturated rings. The average Bonchev–Trinajstić information content (AvgIpc) is 2.97. The first kappa shape index (κ1) is 13.9. The molecule has 5 nitrogen and oxygen atoms in total. The molecule has 0 spiro atoms. The Balaban J connectivity index is 2.13. The van der Waals surface area contributed by atoms with Crippen molar-refractivity contribution in [2.45, 2.75) is 32.2 Å². The number of nitrogens with one attached hydrogen (secondary N) is 1. The van der Waals surface area contributed by atoms with Crippen molar-refractivity contribution in [3.63, 3.8) is 0 Å². The fourth-order valence-corrected chi connectivity index (χ4v) is 3.26. The van der Waals surface area contributed by atoms with Crippen molar-refractivity contribution in [2.24, 2.45) is 5.41 Å². The highest BCUT2D eigenvalue weighted by molar-refractivity contribution is 7.12. The molecular weight excluding hydrogens is 266 g/mol. The lowest BCUT2D eigenvalue weighted by Crippen LogP contribution is -2.46. The average molecular weight is 283 g/mol. The maximum Gasteiger partial charge on any atom is 0.311 e. The summed E-state index contributed by atoms with van der Waals surface area (Å²) in [4.78, 5) is 24.0. The minimum atomic E-state index is -0.875. The van der Waals surface area contributed by atoms with E-state index < -0.39 is 11.4 Å². The van der Waals surface area contributed by atoms with Crippen molar-refractivity contribution in [2.75, 3.05) is 7.11 Å². The van der Waals surface area contributed by atoms with Crippen LogP contribution in [0.15, 0.2) is 11.4 Å². The van der Waals surface area contributed by atoms with Crippen LogP contribution in [0.4, 0.5) is 0 Å². The van der Waals surface area contributed by atoms with E-state index in [2.05, 4.69) is 5.32 Å². The van der Waals surface area contributed by atoms with Gasteiger partial charge in [-0.05, 0) is 31.2 Å². The molecule has 1 saturated carbocycles. The van der Waals surface area contributed by atoms with E-state index in [1.54, 1.807) is 18.4 Å². The summed E-state index contributed by atoms with van der Waals surface area (Å²) in [6.07, 6.45) is 2.10.